The van der Waals surface area contributed by atoms with Crippen LogP contribution in [0, 0.1) is 17.8 Å². The molecule has 104 valence electrons. The molecule has 1 rings (SSSR count). The lowest BCUT2D eigenvalue weighted by Gasteiger charge is -2.29. The van der Waals surface area contributed by atoms with Crippen LogP contribution in [0.15, 0.2) is 0 Å². The Morgan fingerprint density at radius 3 is 2.00 bits per heavy atom. The molecular weight excluding hydrogens is 226 g/mol. The molecule has 0 aromatic rings. The first-order valence-electron chi connectivity index (χ1n) is 7.23. The van der Waals surface area contributed by atoms with Gasteiger partial charge in [0.15, 0.2) is 0 Å². The summed E-state index contributed by atoms with van der Waals surface area (Å²) >= 11 is 0. The normalized spacial score (nSPS) is 24.3. The van der Waals surface area contributed by atoms with Gasteiger partial charge in [-0.25, -0.2) is 0 Å². The maximum atomic E-state index is 11.7. The fourth-order valence-corrected chi connectivity index (χ4v) is 2.40. The highest BCUT2D eigenvalue weighted by Gasteiger charge is 2.25. The number of carbonyl (C=O) groups excluding carboxylic acids is 2. The van der Waals surface area contributed by atoms with Crippen LogP contribution >= 0.6 is 0 Å². The molecule has 0 saturated heterocycles. The minimum absolute atomic E-state index is 0.0604. The van der Waals surface area contributed by atoms with Crippen molar-refractivity contribution in [2.75, 3.05) is 0 Å². The number of nitrogens with one attached hydrogen (secondary N) is 1. The van der Waals surface area contributed by atoms with Crippen LogP contribution in [0.25, 0.3) is 0 Å². The van der Waals surface area contributed by atoms with Gasteiger partial charge in [-0.05, 0) is 31.6 Å². The Hall–Kier alpha value is -0.860. The Labute approximate surface area is 111 Å². The van der Waals surface area contributed by atoms with Crippen molar-refractivity contribution in [1.82, 2.24) is 5.32 Å². The van der Waals surface area contributed by atoms with E-state index in [0.717, 1.165) is 32.1 Å². The van der Waals surface area contributed by atoms with Crippen molar-refractivity contribution in [3.8, 4) is 0 Å². The SMILES string of the molecule is CC(C)C(=O)CC1CCC(NC(=O)C(C)C)CC1. The Bertz CT molecular complexity index is 259. The van der Waals surface area contributed by atoms with Crippen LogP contribution in [0.3, 0.4) is 0 Å². The summed E-state index contributed by atoms with van der Waals surface area (Å²) in [7, 11) is 0. The summed E-state index contributed by atoms with van der Waals surface area (Å²) in [4.78, 5) is 23.3. The molecule has 3 nitrogen and oxygen atoms in total. The van der Waals surface area contributed by atoms with Gasteiger partial charge in [-0.15, -0.1) is 0 Å². The van der Waals surface area contributed by atoms with Crippen molar-refractivity contribution < 1.29 is 9.59 Å². The molecule has 3 heteroatoms. The van der Waals surface area contributed by atoms with E-state index in [2.05, 4.69) is 5.32 Å². The van der Waals surface area contributed by atoms with Crippen molar-refractivity contribution in [2.24, 2.45) is 17.8 Å². The summed E-state index contributed by atoms with van der Waals surface area (Å²) in [5, 5.41) is 3.09. The molecular formula is C15H27NO2. The van der Waals surface area contributed by atoms with Gasteiger partial charge in [0.2, 0.25) is 5.91 Å². The first-order chi connectivity index (χ1) is 8.40. The third kappa shape index (κ3) is 4.79. The first-order valence-corrected chi connectivity index (χ1v) is 7.23. The van der Waals surface area contributed by atoms with Crippen LogP contribution in [-0.2, 0) is 9.59 Å². The summed E-state index contributed by atoms with van der Waals surface area (Å²) < 4.78 is 0. The summed E-state index contributed by atoms with van der Waals surface area (Å²) in [6, 6.07) is 0.324. The highest BCUT2D eigenvalue weighted by atomic mass is 16.2. The number of ketones is 1. The van der Waals surface area contributed by atoms with E-state index < -0.39 is 0 Å². The Kier molecular flexibility index (Phi) is 5.83. The topological polar surface area (TPSA) is 46.2 Å². The van der Waals surface area contributed by atoms with Gasteiger partial charge in [-0.1, -0.05) is 27.7 Å². The van der Waals surface area contributed by atoms with Crippen LogP contribution in [0.4, 0.5) is 0 Å². The molecule has 18 heavy (non-hydrogen) atoms. The molecule has 1 aliphatic rings. The smallest absolute Gasteiger partial charge is 0.222 e. The predicted molar refractivity (Wildman–Crippen MR) is 73.2 cm³/mol. The molecule has 0 bridgehead atoms. The molecule has 0 spiro atoms. The largest absolute Gasteiger partial charge is 0.353 e. The fourth-order valence-electron chi connectivity index (χ4n) is 2.40. The summed E-state index contributed by atoms with van der Waals surface area (Å²) in [5.74, 6) is 1.28. The summed E-state index contributed by atoms with van der Waals surface area (Å²) in [6.45, 7) is 7.78. The zero-order chi connectivity index (χ0) is 13.7. The lowest BCUT2D eigenvalue weighted by molar-refractivity contribution is -0.125. The van der Waals surface area contributed by atoms with E-state index in [4.69, 9.17) is 0 Å². The Balaban J connectivity index is 2.28. The first kappa shape index (κ1) is 15.2. The zero-order valence-corrected chi connectivity index (χ0v) is 12.2. The van der Waals surface area contributed by atoms with Crippen LogP contribution < -0.4 is 5.32 Å². The monoisotopic (exact) mass is 253 g/mol. The van der Waals surface area contributed by atoms with Gasteiger partial charge in [0.05, 0.1) is 0 Å². The van der Waals surface area contributed by atoms with Gasteiger partial charge in [-0.3, -0.25) is 9.59 Å². The number of amides is 1. The second-order valence-corrected chi connectivity index (χ2v) is 6.21. The Morgan fingerprint density at radius 2 is 1.56 bits per heavy atom. The van der Waals surface area contributed by atoms with E-state index in [0.29, 0.717) is 17.7 Å². The molecule has 0 aliphatic heterocycles. The molecule has 0 radical (unpaired) electrons. The second kappa shape index (κ2) is 6.91. The minimum Gasteiger partial charge on any atom is -0.353 e. The van der Waals surface area contributed by atoms with E-state index >= 15 is 0 Å². The minimum atomic E-state index is 0.0604. The number of hydrogen-bond donors (Lipinski definition) is 1. The Morgan fingerprint density at radius 1 is 1.00 bits per heavy atom. The van der Waals surface area contributed by atoms with E-state index in [1.807, 2.05) is 27.7 Å². The number of rotatable bonds is 5. The third-order valence-electron chi connectivity index (χ3n) is 3.85. The molecule has 1 amide bonds. The second-order valence-electron chi connectivity index (χ2n) is 6.21. The lowest BCUT2D eigenvalue weighted by Crippen LogP contribution is -2.40. The van der Waals surface area contributed by atoms with Crippen molar-refractivity contribution in [2.45, 2.75) is 65.8 Å². The van der Waals surface area contributed by atoms with Gasteiger partial charge in [-0.2, -0.15) is 0 Å². The standard InChI is InChI=1S/C15H27NO2/c1-10(2)14(17)9-12-5-7-13(8-6-12)16-15(18)11(3)4/h10-13H,5-9H2,1-4H3,(H,16,18). The van der Waals surface area contributed by atoms with E-state index in [-0.39, 0.29) is 17.7 Å². The van der Waals surface area contributed by atoms with Crippen LogP contribution in [0.1, 0.15) is 59.8 Å². The van der Waals surface area contributed by atoms with Crippen molar-refractivity contribution in [3.05, 3.63) is 0 Å². The summed E-state index contributed by atoms with van der Waals surface area (Å²) in [5.41, 5.74) is 0. The van der Waals surface area contributed by atoms with Gasteiger partial charge < -0.3 is 5.32 Å². The number of hydrogen-bond acceptors (Lipinski definition) is 2. The van der Waals surface area contributed by atoms with Gasteiger partial charge >= 0.3 is 0 Å². The average Bonchev–Trinajstić information content (AvgIpc) is 2.31. The highest BCUT2D eigenvalue weighted by molar-refractivity contribution is 5.80. The lowest BCUT2D eigenvalue weighted by atomic mass is 9.82. The van der Waals surface area contributed by atoms with Crippen molar-refractivity contribution in [1.29, 1.82) is 0 Å². The third-order valence-corrected chi connectivity index (χ3v) is 3.85. The van der Waals surface area contributed by atoms with Crippen molar-refractivity contribution >= 4 is 11.7 Å². The number of carbonyl (C=O) groups is 2. The maximum Gasteiger partial charge on any atom is 0.222 e. The molecule has 1 saturated carbocycles. The van der Waals surface area contributed by atoms with E-state index in [1.165, 1.54) is 0 Å². The van der Waals surface area contributed by atoms with Gasteiger partial charge in [0.1, 0.15) is 5.78 Å². The molecule has 0 aromatic carbocycles. The van der Waals surface area contributed by atoms with E-state index in [9.17, 15) is 9.59 Å². The molecule has 1 aliphatic carbocycles. The van der Waals surface area contributed by atoms with Crippen LogP contribution in [0.2, 0.25) is 0 Å². The molecule has 0 atom stereocenters. The number of Topliss-reactive ketones (excluding diaryl/α,β-unsaturated/α-hetero) is 1. The fraction of sp³-hybridized carbons (Fsp3) is 0.867. The predicted octanol–water partition coefficient (Wildman–Crippen LogP) is 2.93. The molecule has 0 heterocycles. The molecule has 0 unspecified atom stereocenters. The van der Waals surface area contributed by atoms with E-state index in [1.54, 1.807) is 0 Å². The van der Waals surface area contributed by atoms with Crippen LogP contribution in [0.5, 0.6) is 0 Å². The zero-order valence-electron chi connectivity index (χ0n) is 12.2. The average molecular weight is 253 g/mol. The van der Waals surface area contributed by atoms with Gasteiger partial charge in [0.25, 0.3) is 0 Å². The van der Waals surface area contributed by atoms with Crippen LogP contribution in [-0.4, -0.2) is 17.7 Å². The molecule has 0 aromatic heterocycles. The van der Waals surface area contributed by atoms with Gasteiger partial charge in [0, 0.05) is 24.3 Å². The molecule has 1 fully saturated rings. The maximum absolute atomic E-state index is 11.7. The molecule has 1 N–H and O–H groups in total. The van der Waals surface area contributed by atoms with Crippen molar-refractivity contribution in [3.63, 3.8) is 0 Å². The highest BCUT2D eigenvalue weighted by Crippen LogP contribution is 2.28. The summed E-state index contributed by atoms with van der Waals surface area (Å²) in [6.07, 6.45) is 4.91. The quantitative estimate of drug-likeness (QED) is 0.819.